The van der Waals surface area contributed by atoms with Gasteiger partial charge < -0.3 is 10.2 Å². The number of carbonyl (C=O) groups excluding carboxylic acids is 2. The lowest BCUT2D eigenvalue weighted by molar-refractivity contribution is -0.138. The van der Waals surface area contributed by atoms with Crippen LogP contribution >= 0.6 is 23.4 Å². The highest BCUT2D eigenvalue weighted by Gasteiger charge is 2.25. The van der Waals surface area contributed by atoms with Gasteiger partial charge in [-0.3, -0.25) is 9.59 Å². The molecule has 0 heterocycles. The Balaban J connectivity index is 2.01. The SMILES string of the molecule is CCCNC(=O)[C@H](C)N(Cc1ccccc1)C(=O)CSCc1cccc(Cl)c1. The van der Waals surface area contributed by atoms with Crippen molar-refractivity contribution in [3.63, 3.8) is 0 Å². The first-order valence-electron chi connectivity index (χ1n) is 9.44. The zero-order chi connectivity index (χ0) is 20.4. The summed E-state index contributed by atoms with van der Waals surface area (Å²) in [5, 5.41) is 3.58. The zero-order valence-electron chi connectivity index (χ0n) is 16.4. The van der Waals surface area contributed by atoms with E-state index in [-0.39, 0.29) is 11.8 Å². The molecule has 1 N–H and O–H groups in total. The molecule has 2 aromatic rings. The van der Waals surface area contributed by atoms with Gasteiger partial charge in [0.1, 0.15) is 6.04 Å². The topological polar surface area (TPSA) is 49.4 Å². The average Bonchev–Trinajstić information content (AvgIpc) is 2.70. The minimum atomic E-state index is -0.522. The van der Waals surface area contributed by atoms with Crippen LogP contribution in [0.1, 0.15) is 31.4 Å². The Morgan fingerprint density at radius 2 is 1.82 bits per heavy atom. The van der Waals surface area contributed by atoms with E-state index < -0.39 is 6.04 Å². The highest BCUT2D eigenvalue weighted by atomic mass is 35.5. The fraction of sp³-hybridized carbons (Fsp3) is 0.364. The van der Waals surface area contributed by atoms with Gasteiger partial charge in [0, 0.05) is 23.9 Å². The normalized spacial score (nSPS) is 11.7. The fourth-order valence-electron chi connectivity index (χ4n) is 2.72. The maximum Gasteiger partial charge on any atom is 0.242 e. The van der Waals surface area contributed by atoms with Gasteiger partial charge in [-0.1, -0.05) is 61.0 Å². The van der Waals surface area contributed by atoms with Crippen LogP contribution in [0.4, 0.5) is 0 Å². The molecule has 4 nitrogen and oxygen atoms in total. The summed E-state index contributed by atoms with van der Waals surface area (Å²) in [7, 11) is 0. The molecule has 0 saturated heterocycles. The zero-order valence-corrected chi connectivity index (χ0v) is 17.9. The Morgan fingerprint density at radius 3 is 2.50 bits per heavy atom. The second-order valence-electron chi connectivity index (χ2n) is 6.60. The molecule has 150 valence electrons. The second-order valence-corrected chi connectivity index (χ2v) is 8.02. The first-order chi connectivity index (χ1) is 13.5. The highest BCUT2D eigenvalue weighted by Crippen LogP contribution is 2.18. The van der Waals surface area contributed by atoms with Gasteiger partial charge in [0.2, 0.25) is 11.8 Å². The number of nitrogens with one attached hydrogen (secondary N) is 1. The molecule has 28 heavy (non-hydrogen) atoms. The van der Waals surface area contributed by atoms with Crippen molar-refractivity contribution >= 4 is 35.2 Å². The standard InChI is InChI=1S/C22H27ClN2O2S/c1-3-12-24-22(27)17(2)25(14-18-8-5-4-6-9-18)21(26)16-28-15-19-10-7-11-20(23)13-19/h4-11,13,17H,3,12,14-16H2,1-2H3,(H,24,27)/t17-/m0/s1. The summed E-state index contributed by atoms with van der Waals surface area (Å²) in [5.74, 6) is 0.841. The van der Waals surface area contributed by atoms with Crippen LogP contribution in [0.5, 0.6) is 0 Å². The van der Waals surface area contributed by atoms with Crippen molar-refractivity contribution in [2.45, 2.75) is 38.6 Å². The van der Waals surface area contributed by atoms with E-state index in [1.165, 1.54) is 11.8 Å². The van der Waals surface area contributed by atoms with Gasteiger partial charge in [0.25, 0.3) is 0 Å². The van der Waals surface area contributed by atoms with Gasteiger partial charge >= 0.3 is 0 Å². The van der Waals surface area contributed by atoms with Crippen molar-refractivity contribution in [2.24, 2.45) is 0 Å². The molecule has 2 rings (SSSR count). The van der Waals surface area contributed by atoms with Crippen LogP contribution in [0.2, 0.25) is 5.02 Å². The Morgan fingerprint density at radius 1 is 1.11 bits per heavy atom. The number of hydrogen-bond donors (Lipinski definition) is 1. The van der Waals surface area contributed by atoms with Crippen LogP contribution in [0, 0.1) is 0 Å². The summed E-state index contributed by atoms with van der Waals surface area (Å²) in [5.41, 5.74) is 2.08. The monoisotopic (exact) mass is 418 g/mol. The van der Waals surface area contributed by atoms with Crippen LogP contribution in [0.3, 0.4) is 0 Å². The van der Waals surface area contributed by atoms with Crippen LogP contribution in [0.25, 0.3) is 0 Å². The van der Waals surface area contributed by atoms with Crippen molar-refractivity contribution < 1.29 is 9.59 Å². The van der Waals surface area contributed by atoms with E-state index in [0.29, 0.717) is 29.6 Å². The number of rotatable bonds is 10. The summed E-state index contributed by atoms with van der Waals surface area (Å²) in [4.78, 5) is 27.0. The molecule has 1 atom stereocenters. The third-order valence-corrected chi connectivity index (χ3v) is 5.52. The van der Waals surface area contributed by atoms with E-state index >= 15 is 0 Å². The smallest absolute Gasteiger partial charge is 0.242 e. The molecule has 0 aromatic heterocycles. The lowest BCUT2D eigenvalue weighted by Gasteiger charge is -2.28. The molecule has 0 aliphatic carbocycles. The van der Waals surface area contributed by atoms with Crippen molar-refractivity contribution in [1.82, 2.24) is 10.2 Å². The minimum absolute atomic E-state index is 0.0463. The summed E-state index contributed by atoms with van der Waals surface area (Å²) >= 11 is 7.54. The van der Waals surface area contributed by atoms with Crippen molar-refractivity contribution in [3.8, 4) is 0 Å². The van der Waals surface area contributed by atoms with E-state index in [4.69, 9.17) is 11.6 Å². The molecule has 0 radical (unpaired) electrons. The molecule has 0 aliphatic rings. The van der Waals surface area contributed by atoms with E-state index in [9.17, 15) is 9.59 Å². The fourth-order valence-corrected chi connectivity index (χ4v) is 3.80. The predicted octanol–water partition coefficient (Wildman–Crippen LogP) is 4.52. The molecule has 0 unspecified atom stereocenters. The summed E-state index contributed by atoms with van der Waals surface area (Å²) in [6, 6.07) is 16.9. The second kappa shape index (κ2) is 11.8. The van der Waals surface area contributed by atoms with E-state index in [1.807, 2.05) is 61.5 Å². The van der Waals surface area contributed by atoms with Gasteiger partial charge in [-0.25, -0.2) is 0 Å². The van der Waals surface area contributed by atoms with Crippen molar-refractivity contribution in [1.29, 1.82) is 0 Å². The molecule has 6 heteroatoms. The van der Waals surface area contributed by atoms with Crippen LogP contribution in [0.15, 0.2) is 54.6 Å². The van der Waals surface area contributed by atoms with Gasteiger partial charge in [-0.05, 0) is 36.6 Å². The number of nitrogens with zero attached hydrogens (tertiary/aromatic N) is 1. The summed E-state index contributed by atoms with van der Waals surface area (Å²) < 4.78 is 0. The summed E-state index contributed by atoms with van der Waals surface area (Å²) in [6.45, 7) is 4.82. The number of thioether (sulfide) groups is 1. The molecule has 2 aromatic carbocycles. The van der Waals surface area contributed by atoms with Crippen molar-refractivity contribution in [2.75, 3.05) is 12.3 Å². The average molecular weight is 419 g/mol. The van der Waals surface area contributed by atoms with Crippen LogP contribution in [-0.2, 0) is 21.9 Å². The van der Waals surface area contributed by atoms with Gasteiger partial charge in [0.05, 0.1) is 5.75 Å². The highest BCUT2D eigenvalue weighted by molar-refractivity contribution is 7.99. The molecule has 0 bridgehead atoms. The molecular weight excluding hydrogens is 392 g/mol. The first-order valence-corrected chi connectivity index (χ1v) is 11.0. The third kappa shape index (κ3) is 7.21. The Bertz CT molecular complexity index is 770. The van der Waals surface area contributed by atoms with E-state index in [2.05, 4.69) is 5.32 Å². The summed E-state index contributed by atoms with van der Waals surface area (Å²) in [6.07, 6.45) is 0.862. The number of carbonyl (C=O) groups is 2. The quantitative estimate of drug-likeness (QED) is 0.617. The molecular formula is C22H27ClN2O2S. The number of hydrogen-bond acceptors (Lipinski definition) is 3. The Labute approximate surface area is 176 Å². The molecule has 0 fully saturated rings. The first kappa shape index (κ1) is 22.3. The van der Waals surface area contributed by atoms with Crippen LogP contribution < -0.4 is 5.32 Å². The maximum absolute atomic E-state index is 12.9. The lowest BCUT2D eigenvalue weighted by atomic mass is 10.1. The Hall–Kier alpha value is -1.98. The number of halogens is 1. The number of benzene rings is 2. The largest absolute Gasteiger partial charge is 0.354 e. The van der Waals surface area contributed by atoms with E-state index in [0.717, 1.165) is 17.5 Å². The molecule has 0 saturated carbocycles. The van der Waals surface area contributed by atoms with Gasteiger partial charge in [0.15, 0.2) is 0 Å². The Kier molecular flexibility index (Phi) is 9.38. The van der Waals surface area contributed by atoms with Gasteiger partial charge in [-0.15, -0.1) is 11.8 Å². The molecule has 0 spiro atoms. The molecule has 0 aliphatic heterocycles. The van der Waals surface area contributed by atoms with Crippen LogP contribution in [-0.4, -0.2) is 35.1 Å². The van der Waals surface area contributed by atoms with Crippen molar-refractivity contribution in [3.05, 3.63) is 70.7 Å². The lowest BCUT2D eigenvalue weighted by Crippen LogP contribution is -2.48. The van der Waals surface area contributed by atoms with E-state index in [1.54, 1.807) is 11.8 Å². The third-order valence-electron chi connectivity index (χ3n) is 4.30. The van der Waals surface area contributed by atoms with Gasteiger partial charge in [-0.2, -0.15) is 0 Å². The maximum atomic E-state index is 12.9. The molecule has 2 amide bonds. The minimum Gasteiger partial charge on any atom is -0.354 e. The predicted molar refractivity (Wildman–Crippen MR) is 117 cm³/mol. The number of amides is 2.